The molecule has 1 aromatic heterocycles. The zero-order valence-electron chi connectivity index (χ0n) is 10.0. The molecule has 0 N–H and O–H groups in total. The van der Waals surface area contributed by atoms with Gasteiger partial charge < -0.3 is 0 Å². The third kappa shape index (κ3) is 2.81. The summed E-state index contributed by atoms with van der Waals surface area (Å²) in [7, 11) is 0. The predicted octanol–water partition coefficient (Wildman–Crippen LogP) is 3.64. The average molecular weight is 265 g/mol. The maximum absolute atomic E-state index is 12.6. The van der Waals surface area contributed by atoms with E-state index in [2.05, 4.69) is 4.98 Å². The molecule has 0 aliphatic carbocycles. The van der Waals surface area contributed by atoms with Crippen molar-refractivity contribution < 1.29 is 18.0 Å². The van der Waals surface area contributed by atoms with E-state index in [1.54, 1.807) is 6.92 Å². The largest absolute Gasteiger partial charge is 0.416 e. The van der Waals surface area contributed by atoms with Crippen LogP contribution in [0.2, 0.25) is 0 Å². The highest BCUT2D eigenvalue weighted by atomic mass is 19.4. The van der Waals surface area contributed by atoms with Crippen LogP contribution in [0.15, 0.2) is 42.7 Å². The molecule has 0 spiro atoms. The smallest absolute Gasteiger partial charge is 0.289 e. The fourth-order valence-electron chi connectivity index (χ4n) is 1.70. The number of alkyl halides is 3. The monoisotopic (exact) mass is 265 g/mol. The van der Waals surface area contributed by atoms with E-state index in [-0.39, 0.29) is 5.56 Å². The Labute approximate surface area is 107 Å². The summed E-state index contributed by atoms with van der Waals surface area (Å²) in [4.78, 5) is 15.9. The zero-order chi connectivity index (χ0) is 14.0. The number of benzene rings is 1. The van der Waals surface area contributed by atoms with Crippen molar-refractivity contribution in [3.05, 3.63) is 65.0 Å². The molecule has 19 heavy (non-hydrogen) atoms. The summed E-state index contributed by atoms with van der Waals surface area (Å²) in [6.45, 7) is 1.61. The van der Waals surface area contributed by atoms with Crippen molar-refractivity contribution in [3.63, 3.8) is 0 Å². The molecule has 0 amide bonds. The van der Waals surface area contributed by atoms with Crippen molar-refractivity contribution in [2.45, 2.75) is 13.1 Å². The number of aryl methyl sites for hydroxylation is 1. The first kappa shape index (κ1) is 13.3. The molecule has 0 unspecified atom stereocenters. The van der Waals surface area contributed by atoms with Crippen LogP contribution in [-0.4, -0.2) is 10.8 Å². The number of hydrogen-bond acceptors (Lipinski definition) is 2. The lowest BCUT2D eigenvalue weighted by molar-refractivity contribution is -0.137. The molecule has 0 saturated heterocycles. The van der Waals surface area contributed by atoms with E-state index in [9.17, 15) is 18.0 Å². The third-order valence-corrected chi connectivity index (χ3v) is 2.75. The summed E-state index contributed by atoms with van der Waals surface area (Å²) in [6, 6.07) is 6.11. The van der Waals surface area contributed by atoms with Crippen molar-refractivity contribution in [1.82, 2.24) is 4.98 Å². The van der Waals surface area contributed by atoms with Crippen LogP contribution in [0.4, 0.5) is 13.2 Å². The van der Waals surface area contributed by atoms with E-state index in [1.807, 2.05) is 0 Å². The van der Waals surface area contributed by atoms with Gasteiger partial charge in [0.2, 0.25) is 0 Å². The molecule has 98 valence electrons. The van der Waals surface area contributed by atoms with Gasteiger partial charge in [-0.3, -0.25) is 9.78 Å². The summed E-state index contributed by atoms with van der Waals surface area (Å²) in [5, 5.41) is 0. The van der Waals surface area contributed by atoms with Gasteiger partial charge in [0.25, 0.3) is 0 Å². The first-order valence-corrected chi connectivity index (χ1v) is 5.52. The van der Waals surface area contributed by atoms with Crippen molar-refractivity contribution in [1.29, 1.82) is 0 Å². The molecule has 1 heterocycles. The lowest BCUT2D eigenvalue weighted by atomic mass is 9.97. The Morgan fingerprint density at radius 1 is 1.11 bits per heavy atom. The minimum absolute atomic E-state index is 0.0565. The van der Waals surface area contributed by atoms with Gasteiger partial charge in [-0.05, 0) is 36.8 Å². The highest BCUT2D eigenvalue weighted by Crippen LogP contribution is 2.31. The summed E-state index contributed by atoms with van der Waals surface area (Å²) in [5.74, 6) is -0.439. The molecule has 5 heteroatoms. The number of halogens is 3. The molecular weight excluding hydrogens is 255 g/mol. The van der Waals surface area contributed by atoms with Crippen LogP contribution in [0.25, 0.3) is 0 Å². The molecule has 0 aliphatic rings. The highest BCUT2D eigenvalue weighted by Gasteiger charge is 2.31. The van der Waals surface area contributed by atoms with E-state index in [1.165, 1.54) is 30.6 Å². The molecule has 0 bridgehead atoms. The van der Waals surface area contributed by atoms with Crippen molar-refractivity contribution in [2.75, 3.05) is 0 Å². The van der Waals surface area contributed by atoms with Gasteiger partial charge in [-0.2, -0.15) is 13.2 Å². The Kier molecular flexibility index (Phi) is 3.38. The van der Waals surface area contributed by atoms with Crippen LogP contribution < -0.4 is 0 Å². The van der Waals surface area contributed by atoms with Crippen LogP contribution in [0.3, 0.4) is 0 Å². The number of ketones is 1. The first-order chi connectivity index (χ1) is 8.89. The van der Waals surface area contributed by atoms with Gasteiger partial charge in [0.05, 0.1) is 5.56 Å². The molecule has 0 radical (unpaired) electrons. The fraction of sp³-hybridized carbons (Fsp3) is 0.143. The Bertz CT molecular complexity index is 606. The molecule has 2 rings (SSSR count). The number of carbonyl (C=O) groups excluding carboxylic acids is 1. The van der Waals surface area contributed by atoms with Gasteiger partial charge in [0.1, 0.15) is 0 Å². The molecule has 2 aromatic rings. The standard InChI is InChI=1S/C14H10F3NO/c1-9-2-3-11(14(15,16)17)8-12(9)13(19)10-4-6-18-7-5-10/h2-8H,1H3. The number of carbonyl (C=O) groups is 1. The predicted molar refractivity (Wildman–Crippen MR) is 63.9 cm³/mol. The summed E-state index contributed by atoms with van der Waals surface area (Å²) < 4.78 is 37.9. The Balaban J connectivity index is 2.48. The number of rotatable bonds is 2. The Morgan fingerprint density at radius 3 is 2.32 bits per heavy atom. The zero-order valence-corrected chi connectivity index (χ0v) is 10.0. The molecule has 2 nitrogen and oxygen atoms in total. The second-order valence-electron chi connectivity index (χ2n) is 4.09. The topological polar surface area (TPSA) is 30.0 Å². The molecule has 1 aromatic carbocycles. The van der Waals surface area contributed by atoms with Crippen LogP contribution >= 0.6 is 0 Å². The third-order valence-electron chi connectivity index (χ3n) is 2.75. The number of aromatic nitrogens is 1. The minimum Gasteiger partial charge on any atom is -0.289 e. The summed E-state index contributed by atoms with van der Waals surface area (Å²) in [5.41, 5.74) is 0.0590. The van der Waals surface area contributed by atoms with E-state index in [0.29, 0.717) is 11.1 Å². The fourth-order valence-corrected chi connectivity index (χ4v) is 1.70. The van der Waals surface area contributed by atoms with E-state index >= 15 is 0 Å². The number of hydrogen-bond donors (Lipinski definition) is 0. The highest BCUT2D eigenvalue weighted by molar-refractivity contribution is 6.09. The number of nitrogens with zero attached hydrogens (tertiary/aromatic N) is 1. The van der Waals surface area contributed by atoms with Crippen molar-refractivity contribution in [3.8, 4) is 0 Å². The summed E-state index contributed by atoms with van der Waals surface area (Å²) in [6.07, 6.45) is -1.60. The van der Waals surface area contributed by atoms with Crippen LogP contribution in [0.5, 0.6) is 0 Å². The molecule has 0 atom stereocenters. The van der Waals surface area contributed by atoms with E-state index in [4.69, 9.17) is 0 Å². The number of pyridine rings is 1. The Hall–Kier alpha value is -2.17. The van der Waals surface area contributed by atoms with Gasteiger partial charge in [-0.25, -0.2) is 0 Å². The average Bonchev–Trinajstić information content (AvgIpc) is 2.38. The van der Waals surface area contributed by atoms with Gasteiger partial charge in [0, 0.05) is 23.5 Å². The second-order valence-corrected chi connectivity index (χ2v) is 4.09. The van der Waals surface area contributed by atoms with Crippen molar-refractivity contribution in [2.24, 2.45) is 0 Å². The van der Waals surface area contributed by atoms with Crippen LogP contribution in [-0.2, 0) is 6.18 Å². The van der Waals surface area contributed by atoms with Gasteiger partial charge in [-0.15, -0.1) is 0 Å². The van der Waals surface area contributed by atoms with E-state index < -0.39 is 17.5 Å². The van der Waals surface area contributed by atoms with Gasteiger partial charge in [-0.1, -0.05) is 6.07 Å². The molecular formula is C14H10F3NO. The quantitative estimate of drug-likeness (QED) is 0.776. The van der Waals surface area contributed by atoms with E-state index in [0.717, 1.165) is 12.1 Å². The Morgan fingerprint density at radius 2 is 1.74 bits per heavy atom. The maximum Gasteiger partial charge on any atom is 0.416 e. The maximum atomic E-state index is 12.6. The van der Waals surface area contributed by atoms with Crippen molar-refractivity contribution >= 4 is 5.78 Å². The normalized spacial score (nSPS) is 11.4. The lowest BCUT2D eigenvalue weighted by Crippen LogP contribution is -2.09. The first-order valence-electron chi connectivity index (χ1n) is 5.52. The van der Waals surface area contributed by atoms with Crippen LogP contribution in [0, 0.1) is 6.92 Å². The molecule has 0 saturated carbocycles. The minimum atomic E-state index is -4.46. The molecule has 0 aliphatic heterocycles. The SMILES string of the molecule is Cc1ccc(C(F)(F)F)cc1C(=O)c1ccncc1. The summed E-state index contributed by atoms with van der Waals surface area (Å²) >= 11 is 0. The lowest BCUT2D eigenvalue weighted by Gasteiger charge is -2.10. The second kappa shape index (κ2) is 4.84. The van der Waals surface area contributed by atoms with Crippen LogP contribution in [0.1, 0.15) is 27.0 Å². The molecule has 0 fully saturated rings. The van der Waals surface area contributed by atoms with Gasteiger partial charge in [0.15, 0.2) is 5.78 Å². The van der Waals surface area contributed by atoms with Gasteiger partial charge >= 0.3 is 6.18 Å².